The van der Waals surface area contributed by atoms with Gasteiger partial charge in [0.05, 0.1) is 11.6 Å². The first-order chi connectivity index (χ1) is 12.2. The van der Waals surface area contributed by atoms with Gasteiger partial charge in [0.2, 0.25) is 0 Å². The molecule has 0 unspecified atom stereocenters. The number of hydrogen-bond donors (Lipinski definition) is 0. The Morgan fingerprint density at radius 3 is 2.60 bits per heavy atom. The van der Waals surface area contributed by atoms with Gasteiger partial charge in [-0.25, -0.2) is 0 Å². The number of hydrogen-bond acceptors (Lipinski definition) is 3. The maximum Gasteiger partial charge on any atom is 0.167 e. The normalized spacial score (nSPS) is 24.6. The first-order valence-corrected chi connectivity index (χ1v) is 9.38. The lowest BCUT2D eigenvalue weighted by molar-refractivity contribution is 0.0445. The zero-order chi connectivity index (χ0) is 17.4. The van der Waals surface area contributed by atoms with Crippen LogP contribution in [-0.4, -0.2) is 29.8 Å². The highest BCUT2D eigenvalue weighted by atomic mass is 16.1. The fourth-order valence-corrected chi connectivity index (χ4v) is 4.20. The molecule has 1 aliphatic carbocycles. The lowest BCUT2D eigenvalue weighted by Crippen LogP contribution is -2.49. The van der Waals surface area contributed by atoms with Crippen molar-refractivity contribution >= 4 is 16.6 Å². The van der Waals surface area contributed by atoms with Crippen LogP contribution in [0.4, 0.5) is 0 Å². The van der Waals surface area contributed by atoms with Crippen LogP contribution in [-0.2, 0) is 0 Å². The van der Waals surface area contributed by atoms with E-state index < -0.39 is 0 Å². The zero-order valence-corrected chi connectivity index (χ0v) is 14.7. The van der Waals surface area contributed by atoms with Crippen LogP contribution in [0.3, 0.4) is 0 Å². The summed E-state index contributed by atoms with van der Waals surface area (Å²) in [6, 6.07) is 14.4. The molecule has 2 fully saturated rings. The van der Waals surface area contributed by atoms with Crippen molar-refractivity contribution in [2.24, 2.45) is 11.8 Å². The minimum Gasteiger partial charge on any atom is -0.300 e. The van der Waals surface area contributed by atoms with Gasteiger partial charge in [0.15, 0.2) is 5.78 Å². The van der Waals surface area contributed by atoms with Crippen molar-refractivity contribution in [2.75, 3.05) is 13.1 Å². The number of nitriles is 1. The summed E-state index contributed by atoms with van der Waals surface area (Å²) >= 11 is 0. The largest absolute Gasteiger partial charge is 0.300 e. The lowest BCUT2D eigenvalue weighted by atomic mass is 9.79. The molecule has 0 aromatic heterocycles. The number of ketones is 1. The molecular formula is C22H24N2O. The fourth-order valence-electron chi connectivity index (χ4n) is 4.20. The third-order valence-electron chi connectivity index (χ3n) is 6.17. The van der Waals surface area contributed by atoms with Gasteiger partial charge in [-0.1, -0.05) is 31.5 Å². The van der Waals surface area contributed by atoms with Crippen LogP contribution in [0, 0.1) is 23.2 Å². The van der Waals surface area contributed by atoms with E-state index >= 15 is 0 Å². The summed E-state index contributed by atoms with van der Waals surface area (Å²) in [6.45, 7) is 4.28. The maximum absolute atomic E-state index is 13.2. The van der Waals surface area contributed by atoms with Crippen molar-refractivity contribution in [3.05, 3.63) is 47.5 Å². The Morgan fingerprint density at radius 1 is 1.12 bits per heavy atom. The minimum absolute atomic E-state index is 0.102. The summed E-state index contributed by atoms with van der Waals surface area (Å²) in [5, 5.41) is 11.1. The highest BCUT2D eigenvalue weighted by Gasteiger charge is 2.36. The summed E-state index contributed by atoms with van der Waals surface area (Å²) in [5.74, 6) is 0.827. The molecule has 4 rings (SSSR count). The van der Waals surface area contributed by atoms with Crippen molar-refractivity contribution in [3.63, 3.8) is 0 Å². The maximum atomic E-state index is 13.2. The van der Waals surface area contributed by atoms with Gasteiger partial charge in [0.1, 0.15) is 0 Å². The number of fused-ring (bicyclic) bond motifs is 1. The predicted octanol–water partition coefficient (Wildman–Crippen LogP) is 4.40. The van der Waals surface area contributed by atoms with E-state index in [0.29, 0.717) is 17.5 Å². The molecule has 0 spiro atoms. The Balaban J connectivity index is 1.58. The zero-order valence-electron chi connectivity index (χ0n) is 14.7. The highest BCUT2D eigenvalue weighted by Crippen LogP contribution is 2.33. The van der Waals surface area contributed by atoms with Crippen LogP contribution in [0.1, 0.15) is 48.5 Å². The predicted molar refractivity (Wildman–Crippen MR) is 99.5 cm³/mol. The molecule has 1 heterocycles. The Labute approximate surface area is 149 Å². The molecule has 2 aromatic carbocycles. The van der Waals surface area contributed by atoms with Crippen LogP contribution in [0.5, 0.6) is 0 Å². The first-order valence-electron chi connectivity index (χ1n) is 9.38. The van der Waals surface area contributed by atoms with E-state index in [1.54, 1.807) is 0 Å². The molecule has 0 amide bonds. The molecule has 0 radical (unpaired) electrons. The van der Waals surface area contributed by atoms with Crippen molar-refractivity contribution in [2.45, 2.75) is 38.6 Å². The van der Waals surface area contributed by atoms with E-state index in [0.717, 1.165) is 35.8 Å². The molecule has 2 aliphatic rings. The quantitative estimate of drug-likeness (QED) is 0.782. The molecule has 0 bridgehead atoms. The van der Waals surface area contributed by atoms with Gasteiger partial charge in [-0.2, -0.15) is 5.26 Å². The fraction of sp³-hybridized carbons (Fsp3) is 0.455. The third kappa shape index (κ3) is 3.07. The van der Waals surface area contributed by atoms with E-state index in [2.05, 4.69) is 17.9 Å². The van der Waals surface area contributed by atoms with E-state index in [-0.39, 0.29) is 11.7 Å². The summed E-state index contributed by atoms with van der Waals surface area (Å²) in [4.78, 5) is 15.7. The molecule has 2 aromatic rings. The number of Topliss-reactive ketones (excluding diaryl/α,β-unsaturated/α-hetero) is 1. The van der Waals surface area contributed by atoms with E-state index in [4.69, 9.17) is 5.26 Å². The van der Waals surface area contributed by atoms with Crippen LogP contribution in [0.25, 0.3) is 10.8 Å². The van der Waals surface area contributed by atoms with Crippen molar-refractivity contribution in [1.82, 2.24) is 4.90 Å². The van der Waals surface area contributed by atoms with Gasteiger partial charge in [-0.3, -0.25) is 9.69 Å². The molecular weight excluding hydrogens is 308 g/mol. The van der Waals surface area contributed by atoms with Gasteiger partial charge < -0.3 is 0 Å². The molecule has 2 atom stereocenters. The average molecular weight is 332 g/mol. The molecule has 0 N–H and O–H groups in total. The smallest absolute Gasteiger partial charge is 0.167 e. The molecule has 25 heavy (non-hydrogen) atoms. The van der Waals surface area contributed by atoms with E-state index in [1.807, 2.05) is 36.4 Å². The van der Waals surface area contributed by atoms with Gasteiger partial charge in [0.25, 0.3) is 0 Å². The van der Waals surface area contributed by atoms with Gasteiger partial charge in [-0.15, -0.1) is 0 Å². The van der Waals surface area contributed by atoms with E-state index in [1.165, 1.54) is 19.3 Å². The number of carbonyl (C=O) groups excluding carboxylic acids is 1. The molecule has 128 valence electrons. The monoisotopic (exact) mass is 332 g/mol. The van der Waals surface area contributed by atoms with E-state index in [9.17, 15) is 4.79 Å². The number of likely N-dealkylation sites (tertiary alicyclic amines) is 1. The van der Waals surface area contributed by atoms with Gasteiger partial charge in [-0.05, 0) is 60.7 Å². The van der Waals surface area contributed by atoms with Gasteiger partial charge >= 0.3 is 0 Å². The summed E-state index contributed by atoms with van der Waals surface area (Å²) in [7, 11) is 0. The Hall–Kier alpha value is -2.18. The number of nitrogens with zero attached hydrogens (tertiary/aromatic N) is 2. The minimum atomic E-state index is 0.102. The third-order valence-corrected chi connectivity index (χ3v) is 6.17. The standard InChI is InChI=1S/C22H24N2O/c1-15-9-10-24(20-3-2-4-20)14-21(15)22(25)19-8-7-17-11-16(13-23)5-6-18(17)12-19/h5-8,11-12,15,20-21H,2-4,9-10,14H2,1H3/t15-,21-/m1/s1. The summed E-state index contributed by atoms with van der Waals surface area (Å²) in [6.07, 6.45) is 5.05. The topological polar surface area (TPSA) is 44.1 Å². The second-order valence-corrected chi connectivity index (χ2v) is 7.70. The Bertz CT molecular complexity index is 847. The van der Waals surface area contributed by atoms with Crippen molar-refractivity contribution in [3.8, 4) is 6.07 Å². The second-order valence-electron chi connectivity index (χ2n) is 7.70. The Kier molecular flexibility index (Phi) is 4.31. The SMILES string of the molecule is C[C@@H]1CCN(C2CCC2)C[C@H]1C(=O)c1ccc2cc(C#N)ccc2c1. The number of piperidine rings is 1. The molecule has 3 heteroatoms. The van der Waals surface area contributed by atoms with Crippen LogP contribution < -0.4 is 0 Å². The molecule has 1 saturated heterocycles. The molecule has 1 aliphatic heterocycles. The van der Waals surface area contributed by atoms with Crippen molar-refractivity contribution in [1.29, 1.82) is 5.26 Å². The van der Waals surface area contributed by atoms with Crippen molar-refractivity contribution < 1.29 is 4.79 Å². The van der Waals surface area contributed by atoms with Crippen LogP contribution in [0.15, 0.2) is 36.4 Å². The van der Waals surface area contributed by atoms with Crippen LogP contribution in [0.2, 0.25) is 0 Å². The number of benzene rings is 2. The van der Waals surface area contributed by atoms with Crippen LogP contribution >= 0.6 is 0 Å². The number of rotatable bonds is 3. The summed E-state index contributed by atoms with van der Waals surface area (Å²) < 4.78 is 0. The first kappa shape index (κ1) is 16.3. The molecule has 1 saturated carbocycles. The lowest BCUT2D eigenvalue weighted by Gasteiger charge is -2.44. The summed E-state index contributed by atoms with van der Waals surface area (Å²) in [5.41, 5.74) is 1.47. The highest BCUT2D eigenvalue weighted by molar-refractivity contribution is 6.01. The Morgan fingerprint density at radius 2 is 1.88 bits per heavy atom. The number of carbonyl (C=O) groups is 1. The second kappa shape index (κ2) is 6.61. The van der Waals surface area contributed by atoms with Gasteiger partial charge in [0, 0.05) is 24.1 Å². The molecule has 3 nitrogen and oxygen atoms in total. The average Bonchev–Trinajstić information content (AvgIpc) is 2.60.